The summed E-state index contributed by atoms with van der Waals surface area (Å²) >= 11 is 0. The molecular formula is C20H28N2O4. The standard InChI is InChI=1S/C20H28N2O4/c1-13(2)14(3)22(16-7-8-16)20(24)10-6-15-5-9-17(18(11-15)25-4)26-12-19(21)23/h5-6,9-11,13-14,16H,7-8,12H2,1-4H3,(H2,21,23)/b10-6+. The number of rotatable bonds is 9. The minimum Gasteiger partial charge on any atom is -0.493 e. The van der Waals surface area contributed by atoms with Crippen molar-refractivity contribution in [2.75, 3.05) is 13.7 Å². The van der Waals surface area contributed by atoms with Crippen molar-refractivity contribution >= 4 is 17.9 Å². The number of nitrogens with two attached hydrogens (primary N) is 1. The molecular weight excluding hydrogens is 332 g/mol. The van der Waals surface area contributed by atoms with Crippen LogP contribution >= 0.6 is 0 Å². The van der Waals surface area contributed by atoms with Crippen LogP contribution in [0.25, 0.3) is 6.08 Å². The Labute approximate surface area is 154 Å². The van der Waals surface area contributed by atoms with Crippen LogP contribution < -0.4 is 15.2 Å². The average Bonchev–Trinajstić information content (AvgIpc) is 3.43. The molecule has 0 saturated heterocycles. The smallest absolute Gasteiger partial charge is 0.255 e. The summed E-state index contributed by atoms with van der Waals surface area (Å²) in [5.74, 6) is 0.802. The monoisotopic (exact) mass is 360 g/mol. The van der Waals surface area contributed by atoms with Crippen molar-refractivity contribution in [3.05, 3.63) is 29.8 Å². The molecule has 2 rings (SSSR count). The molecule has 0 aliphatic heterocycles. The molecule has 0 radical (unpaired) electrons. The van der Waals surface area contributed by atoms with Crippen LogP contribution in [0.2, 0.25) is 0 Å². The van der Waals surface area contributed by atoms with Gasteiger partial charge in [0.1, 0.15) is 0 Å². The quantitative estimate of drug-likeness (QED) is 0.686. The van der Waals surface area contributed by atoms with Crippen molar-refractivity contribution in [1.82, 2.24) is 4.90 Å². The van der Waals surface area contributed by atoms with Gasteiger partial charge in [0.15, 0.2) is 18.1 Å². The van der Waals surface area contributed by atoms with E-state index in [1.165, 1.54) is 7.11 Å². The lowest BCUT2D eigenvalue weighted by Crippen LogP contribution is -2.42. The molecule has 26 heavy (non-hydrogen) atoms. The van der Waals surface area contributed by atoms with E-state index >= 15 is 0 Å². The lowest BCUT2D eigenvalue weighted by molar-refractivity contribution is -0.129. The molecule has 1 unspecified atom stereocenters. The molecule has 6 nitrogen and oxygen atoms in total. The normalized spacial score (nSPS) is 15.1. The van der Waals surface area contributed by atoms with Crippen LogP contribution in [0, 0.1) is 5.92 Å². The molecule has 1 aromatic rings. The number of carbonyl (C=O) groups excluding carboxylic acids is 2. The van der Waals surface area contributed by atoms with E-state index in [4.69, 9.17) is 15.2 Å². The molecule has 2 N–H and O–H groups in total. The van der Waals surface area contributed by atoms with Crippen molar-refractivity contribution in [2.45, 2.75) is 45.7 Å². The van der Waals surface area contributed by atoms with Gasteiger partial charge in [-0.2, -0.15) is 0 Å². The highest BCUT2D eigenvalue weighted by atomic mass is 16.5. The van der Waals surface area contributed by atoms with E-state index in [1.54, 1.807) is 30.4 Å². The minimum atomic E-state index is -0.555. The van der Waals surface area contributed by atoms with Crippen molar-refractivity contribution in [3.8, 4) is 11.5 Å². The lowest BCUT2D eigenvalue weighted by atomic mass is 10.0. The number of hydrogen-bond donors (Lipinski definition) is 1. The zero-order chi connectivity index (χ0) is 19.3. The Morgan fingerprint density at radius 1 is 1.27 bits per heavy atom. The molecule has 0 aromatic heterocycles. The number of amides is 2. The molecule has 0 bridgehead atoms. The Bertz CT molecular complexity index is 680. The van der Waals surface area contributed by atoms with Gasteiger partial charge < -0.3 is 20.1 Å². The summed E-state index contributed by atoms with van der Waals surface area (Å²) in [5, 5.41) is 0. The molecule has 1 fully saturated rings. The van der Waals surface area contributed by atoms with Gasteiger partial charge in [-0.05, 0) is 49.5 Å². The zero-order valence-electron chi connectivity index (χ0n) is 15.9. The summed E-state index contributed by atoms with van der Waals surface area (Å²) in [6.45, 7) is 6.15. The number of benzene rings is 1. The number of nitrogens with zero attached hydrogens (tertiary/aromatic N) is 1. The van der Waals surface area contributed by atoms with Crippen molar-refractivity contribution in [1.29, 1.82) is 0 Å². The summed E-state index contributed by atoms with van der Waals surface area (Å²) < 4.78 is 10.6. The van der Waals surface area contributed by atoms with E-state index in [1.807, 2.05) is 4.90 Å². The fourth-order valence-electron chi connectivity index (χ4n) is 2.70. The van der Waals surface area contributed by atoms with E-state index in [0.717, 1.165) is 18.4 Å². The van der Waals surface area contributed by atoms with E-state index in [-0.39, 0.29) is 18.6 Å². The fraction of sp³-hybridized carbons (Fsp3) is 0.500. The maximum absolute atomic E-state index is 12.7. The Morgan fingerprint density at radius 2 is 1.96 bits per heavy atom. The van der Waals surface area contributed by atoms with Gasteiger partial charge in [0.2, 0.25) is 5.91 Å². The second kappa shape index (κ2) is 8.74. The van der Waals surface area contributed by atoms with E-state index in [2.05, 4.69) is 20.8 Å². The highest BCUT2D eigenvalue weighted by molar-refractivity contribution is 5.92. The van der Waals surface area contributed by atoms with Crippen molar-refractivity contribution < 1.29 is 19.1 Å². The Balaban J connectivity index is 2.10. The van der Waals surface area contributed by atoms with Gasteiger partial charge in [0, 0.05) is 18.2 Å². The summed E-state index contributed by atoms with van der Waals surface area (Å²) in [5.41, 5.74) is 5.90. The van der Waals surface area contributed by atoms with Gasteiger partial charge in [-0.1, -0.05) is 19.9 Å². The van der Waals surface area contributed by atoms with Crippen LogP contribution in [0.15, 0.2) is 24.3 Å². The van der Waals surface area contributed by atoms with E-state index in [9.17, 15) is 9.59 Å². The van der Waals surface area contributed by atoms with E-state index < -0.39 is 5.91 Å². The summed E-state index contributed by atoms with van der Waals surface area (Å²) in [6, 6.07) is 5.83. The molecule has 0 spiro atoms. The maximum Gasteiger partial charge on any atom is 0.255 e. The van der Waals surface area contributed by atoms with Crippen molar-refractivity contribution in [2.24, 2.45) is 11.7 Å². The van der Waals surface area contributed by atoms with E-state index in [0.29, 0.717) is 23.5 Å². The highest BCUT2D eigenvalue weighted by Gasteiger charge is 2.35. The molecule has 6 heteroatoms. The van der Waals surface area contributed by atoms with Crippen LogP contribution in [-0.2, 0) is 9.59 Å². The molecule has 0 heterocycles. The third-order valence-corrected chi connectivity index (χ3v) is 4.57. The zero-order valence-corrected chi connectivity index (χ0v) is 15.9. The van der Waals surface area contributed by atoms with Crippen LogP contribution in [0.4, 0.5) is 0 Å². The minimum absolute atomic E-state index is 0.0294. The number of hydrogen-bond acceptors (Lipinski definition) is 4. The van der Waals surface area contributed by atoms with Crippen LogP contribution in [-0.4, -0.2) is 42.5 Å². The van der Waals surface area contributed by atoms with Gasteiger partial charge >= 0.3 is 0 Å². The van der Waals surface area contributed by atoms with Crippen LogP contribution in [0.1, 0.15) is 39.2 Å². The summed E-state index contributed by atoms with van der Waals surface area (Å²) in [7, 11) is 1.52. The topological polar surface area (TPSA) is 81.9 Å². The average molecular weight is 360 g/mol. The second-order valence-electron chi connectivity index (χ2n) is 6.96. The molecule has 1 aliphatic rings. The van der Waals surface area contributed by atoms with Crippen LogP contribution in [0.3, 0.4) is 0 Å². The maximum atomic E-state index is 12.7. The first-order valence-corrected chi connectivity index (χ1v) is 8.93. The van der Waals surface area contributed by atoms with Gasteiger partial charge in [-0.15, -0.1) is 0 Å². The molecule has 1 saturated carbocycles. The van der Waals surface area contributed by atoms with Crippen LogP contribution in [0.5, 0.6) is 11.5 Å². The Hall–Kier alpha value is -2.50. The van der Waals surface area contributed by atoms with Gasteiger partial charge in [0.25, 0.3) is 5.91 Å². The molecule has 1 aliphatic carbocycles. The number of ether oxygens (including phenoxy) is 2. The first kappa shape index (κ1) is 19.8. The lowest BCUT2D eigenvalue weighted by Gasteiger charge is -2.31. The largest absolute Gasteiger partial charge is 0.493 e. The fourth-order valence-corrected chi connectivity index (χ4v) is 2.70. The Kier molecular flexibility index (Phi) is 6.66. The third kappa shape index (κ3) is 5.25. The predicted octanol–water partition coefficient (Wildman–Crippen LogP) is 2.61. The first-order valence-electron chi connectivity index (χ1n) is 8.93. The van der Waals surface area contributed by atoms with Gasteiger partial charge in [0.05, 0.1) is 7.11 Å². The molecule has 1 aromatic carbocycles. The predicted molar refractivity (Wildman–Crippen MR) is 101 cm³/mol. The number of carbonyl (C=O) groups is 2. The summed E-state index contributed by atoms with van der Waals surface area (Å²) in [4.78, 5) is 25.5. The third-order valence-electron chi connectivity index (χ3n) is 4.57. The Morgan fingerprint density at radius 3 is 2.50 bits per heavy atom. The van der Waals surface area contributed by atoms with Gasteiger partial charge in [-0.3, -0.25) is 9.59 Å². The molecule has 142 valence electrons. The van der Waals surface area contributed by atoms with Crippen molar-refractivity contribution in [3.63, 3.8) is 0 Å². The second-order valence-corrected chi connectivity index (χ2v) is 6.96. The molecule has 1 atom stereocenters. The highest BCUT2D eigenvalue weighted by Crippen LogP contribution is 2.31. The molecule has 2 amide bonds. The first-order chi connectivity index (χ1) is 12.3. The summed E-state index contributed by atoms with van der Waals surface area (Å²) in [6.07, 6.45) is 5.54. The SMILES string of the molecule is COc1cc(/C=C/C(=O)N(C2CC2)C(C)C(C)C)ccc1OCC(N)=O. The number of methoxy groups -OCH3 is 1. The number of primary amides is 1. The van der Waals surface area contributed by atoms with Gasteiger partial charge in [-0.25, -0.2) is 0 Å².